The maximum Gasteiger partial charge on any atom is 0.251 e. The number of aromatic nitrogens is 2. The summed E-state index contributed by atoms with van der Waals surface area (Å²) in [5.74, 6) is 0.863. The first kappa shape index (κ1) is 24.8. The number of halogens is 2. The van der Waals surface area contributed by atoms with E-state index < -0.39 is 11.9 Å². The molecule has 4 rings (SSSR count). The topological polar surface area (TPSA) is 117 Å². The molecular weight excluding hydrogens is 493 g/mol. The van der Waals surface area contributed by atoms with Gasteiger partial charge in [0.1, 0.15) is 19.0 Å². The summed E-state index contributed by atoms with van der Waals surface area (Å²) in [6.45, 7) is -0.522. The molecule has 4 N–H and O–H groups in total. The van der Waals surface area contributed by atoms with Crippen LogP contribution in [0.1, 0.15) is 21.7 Å². The Bertz CT molecular complexity index is 1290. The van der Waals surface area contributed by atoms with E-state index in [2.05, 4.69) is 15.3 Å². The van der Waals surface area contributed by atoms with Crippen molar-refractivity contribution in [1.82, 2.24) is 15.3 Å². The van der Waals surface area contributed by atoms with Gasteiger partial charge in [0.05, 0.1) is 30.3 Å². The number of hydrogen-bond donors (Lipinski definition) is 4. The van der Waals surface area contributed by atoms with E-state index >= 15 is 0 Å². The van der Waals surface area contributed by atoms with Crippen LogP contribution in [-0.4, -0.2) is 45.3 Å². The molecule has 0 radical (unpaired) electrons. The summed E-state index contributed by atoms with van der Waals surface area (Å²) in [6, 6.07) is 16.7. The fourth-order valence-corrected chi connectivity index (χ4v) is 3.78. The van der Waals surface area contributed by atoms with Crippen LogP contribution >= 0.6 is 23.2 Å². The van der Waals surface area contributed by atoms with Crippen LogP contribution in [0.25, 0.3) is 11.0 Å². The van der Waals surface area contributed by atoms with Crippen LogP contribution in [0.4, 0.5) is 0 Å². The number of fused-ring (bicyclic) bond motifs is 1. The van der Waals surface area contributed by atoms with E-state index in [1.165, 1.54) is 6.07 Å². The maximum absolute atomic E-state index is 12.6. The van der Waals surface area contributed by atoms with Crippen LogP contribution in [0, 0.1) is 0 Å². The monoisotopic (exact) mass is 515 g/mol. The third-order valence-corrected chi connectivity index (χ3v) is 5.77. The molecule has 0 saturated heterocycles. The van der Waals surface area contributed by atoms with Gasteiger partial charge in [-0.2, -0.15) is 0 Å². The van der Waals surface area contributed by atoms with Crippen molar-refractivity contribution in [2.75, 3.05) is 13.2 Å². The van der Waals surface area contributed by atoms with Crippen LogP contribution < -0.4 is 14.8 Å². The lowest BCUT2D eigenvalue weighted by Gasteiger charge is -2.16. The first-order valence-corrected chi connectivity index (χ1v) is 11.5. The van der Waals surface area contributed by atoms with E-state index in [1.54, 1.807) is 30.3 Å². The summed E-state index contributed by atoms with van der Waals surface area (Å²) in [5, 5.41) is 22.0. The van der Waals surface area contributed by atoms with Crippen molar-refractivity contribution in [3.63, 3.8) is 0 Å². The lowest BCUT2D eigenvalue weighted by atomic mass is 10.1. The SMILES string of the molecule is O=C(NC(CO)CO)c1ccc(OCc2nc3ccccc3[nH]2)c(OCc2ccc(Cl)cc2Cl)c1. The standard InChI is InChI=1S/C25H23Cl2N3O5/c26-17-7-5-16(19(27)10-17)13-34-23-9-15(25(33)28-18(11-31)12-32)6-8-22(23)35-14-24-29-20-3-1-2-4-21(20)30-24/h1-10,18,31-32H,11-14H2,(H,28,33)(H,29,30). The number of carbonyl (C=O) groups excluding carboxylic acids is 1. The fraction of sp³-hybridized carbons (Fsp3) is 0.200. The number of H-pyrrole nitrogens is 1. The Labute approximate surface area is 211 Å². The van der Waals surface area contributed by atoms with Gasteiger partial charge in [0, 0.05) is 21.2 Å². The summed E-state index contributed by atoms with van der Waals surface area (Å²) >= 11 is 12.2. The van der Waals surface area contributed by atoms with Crippen LogP contribution in [0.3, 0.4) is 0 Å². The molecule has 0 saturated carbocycles. The first-order valence-electron chi connectivity index (χ1n) is 10.8. The molecule has 35 heavy (non-hydrogen) atoms. The largest absolute Gasteiger partial charge is 0.485 e. The van der Waals surface area contributed by atoms with Gasteiger partial charge < -0.3 is 30.0 Å². The van der Waals surface area contributed by atoms with Crippen LogP contribution in [0.15, 0.2) is 60.7 Å². The highest BCUT2D eigenvalue weighted by molar-refractivity contribution is 6.35. The van der Waals surface area contributed by atoms with Crippen LogP contribution in [0.5, 0.6) is 11.5 Å². The van der Waals surface area contributed by atoms with Gasteiger partial charge in [-0.05, 0) is 42.5 Å². The second-order valence-electron chi connectivity index (χ2n) is 7.71. The summed E-state index contributed by atoms with van der Waals surface area (Å²) in [5.41, 5.74) is 2.70. The second kappa shape index (κ2) is 11.4. The number of hydrogen-bond acceptors (Lipinski definition) is 6. The zero-order valence-electron chi connectivity index (χ0n) is 18.5. The van der Waals surface area contributed by atoms with E-state index in [1.807, 2.05) is 24.3 Å². The minimum Gasteiger partial charge on any atom is -0.485 e. The van der Waals surface area contributed by atoms with Crippen molar-refractivity contribution in [3.05, 3.63) is 87.7 Å². The molecule has 0 bridgehead atoms. The molecule has 182 valence electrons. The van der Waals surface area contributed by atoms with Gasteiger partial charge in [0.2, 0.25) is 0 Å². The van der Waals surface area contributed by atoms with Gasteiger partial charge >= 0.3 is 0 Å². The molecule has 4 aromatic rings. The minimum absolute atomic E-state index is 0.109. The first-order chi connectivity index (χ1) is 17.0. The molecule has 1 heterocycles. The summed E-state index contributed by atoms with van der Waals surface area (Å²) in [6.07, 6.45) is 0. The number of para-hydroxylation sites is 2. The number of nitrogens with one attached hydrogen (secondary N) is 2. The van der Waals surface area contributed by atoms with Crippen molar-refractivity contribution in [2.45, 2.75) is 19.3 Å². The van der Waals surface area contributed by atoms with Gasteiger partial charge in [0.15, 0.2) is 11.5 Å². The number of aliphatic hydroxyl groups is 2. The van der Waals surface area contributed by atoms with Crippen molar-refractivity contribution >= 4 is 40.1 Å². The molecule has 10 heteroatoms. The van der Waals surface area contributed by atoms with Crippen molar-refractivity contribution in [1.29, 1.82) is 0 Å². The number of aliphatic hydroxyl groups excluding tert-OH is 2. The normalized spacial score (nSPS) is 11.1. The Morgan fingerprint density at radius 2 is 1.74 bits per heavy atom. The lowest BCUT2D eigenvalue weighted by molar-refractivity contribution is 0.0879. The van der Waals surface area contributed by atoms with Gasteiger partial charge in [-0.3, -0.25) is 4.79 Å². The quantitative estimate of drug-likeness (QED) is 0.252. The van der Waals surface area contributed by atoms with E-state index in [0.29, 0.717) is 32.9 Å². The predicted octanol–water partition coefficient (Wildman–Crippen LogP) is 4.11. The smallest absolute Gasteiger partial charge is 0.251 e. The predicted molar refractivity (Wildman–Crippen MR) is 133 cm³/mol. The van der Waals surface area contributed by atoms with Crippen LogP contribution in [-0.2, 0) is 13.2 Å². The lowest BCUT2D eigenvalue weighted by Crippen LogP contribution is -2.40. The summed E-state index contributed by atoms with van der Waals surface area (Å²) < 4.78 is 11.9. The molecule has 3 aromatic carbocycles. The molecule has 1 aromatic heterocycles. The average molecular weight is 516 g/mol. The van der Waals surface area contributed by atoms with Gasteiger partial charge in [0.25, 0.3) is 5.91 Å². The fourth-order valence-electron chi connectivity index (χ4n) is 3.31. The third-order valence-electron chi connectivity index (χ3n) is 5.18. The number of amides is 1. The van der Waals surface area contributed by atoms with E-state index in [4.69, 9.17) is 32.7 Å². The number of nitrogens with zero attached hydrogens (tertiary/aromatic N) is 1. The summed E-state index contributed by atoms with van der Waals surface area (Å²) in [4.78, 5) is 20.3. The molecule has 1 amide bonds. The molecule has 0 spiro atoms. The number of benzene rings is 3. The Morgan fingerprint density at radius 3 is 2.49 bits per heavy atom. The van der Waals surface area contributed by atoms with E-state index in [-0.39, 0.29) is 32.0 Å². The molecule has 0 unspecified atom stereocenters. The Kier molecular flexibility index (Phi) is 8.09. The van der Waals surface area contributed by atoms with Gasteiger partial charge in [-0.1, -0.05) is 41.4 Å². The maximum atomic E-state index is 12.6. The number of aromatic amines is 1. The molecule has 0 aliphatic heterocycles. The molecule has 0 atom stereocenters. The Morgan fingerprint density at radius 1 is 0.971 bits per heavy atom. The minimum atomic E-state index is -0.774. The van der Waals surface area contributed by atoms with Gasteiger partial charge in [-0.25, -0.2) is 4.98 Å². The Hall–Kier alpha value is -3.30. The van der Waals surface area contributed by atoms with E-state index in [9.17, 15) is 15.0 Å². The molecule has 0 fully saturated rings. The summed E-state index contributed by atoms with van der Waals surface area (Å²) in [7, 11) is 0. The number of imidazole rings is 1. The third kappa shape index (κ3) is 6.23. The highest BCUT2D eigenvalue weighted by Crippen LogP contribution is 2.31. The Balaban J connectivity index is 1.56. The highest BCUT2D eigenvalue weighted by Gasteiger charge is 2.16. The number of rotatable bonds is 10. The number of carbonyl (C=O) groups is 1. The second-order valence-corrected chi connectivity index (χ2v) is 8.55. The molecule has 8 nitrogen and oxygen atoms in total. The van der Waals surface area contributed by atoms with E-state index in [0.717, 1.165) is 11.0 Å². The van der Waals surface area contributed by atoms with Gasteiger partial charge in [-0.15, -0.1) is 0 Å². The zero-order valence-corrected chi connectivity index (χ0v) is 20.0. The average Bonchev–Trinajstić information content (AvgIpc) is 3.28. The van der Waals surface area contributed by atoms with Crippen molar-refractivity contribution in [2.24, 2.45) is 0 Å². The van der Waals surface area contributed by atoms with Crippen molar-refractivity contribution < 1.29 is 24.5 Å². The number of ether oxygens (including phenoxy) is 2. The highest BCUT2D eigenvalue weighted by atomic mass is 35.5. The molecular formula is C25H23Cl2N3O5. The molecule has 0 aliphatic rings. The molecule has 0 aliphatic carbocycles. The zero-order chi connectivity index (χ0) is 24.8. The van der Waals surface area contributed by atoms with Crippen molar-refractivity contribution in [3.8, 4) is 11.5 Å². The van der Waals surface area contributed by atoms with Crippen LogP contribution in [0.2, 0.25) is 10.0 Å².